The van der Waals surface area contributed by atoms with Crippen LogP contribution < -0.4 is 15.2 Å². The van der Waals surface area contributed by atoms with Crippen LogP contribution in [0.1, 0.15) is 38.8 Å². The molecule has 3 nitrogen and oxygen atoms in total. The molecule has 2 N–H and O–H groups in total. The summed E-state index contributed by atoms with van der Waals surface area (Å²) in [5.41, 5.74) is 7.52. The lowest BCUT2D eigenvalue weighted by Crippen LogP contribution is -2.18. The molecule has 1 aliphatic heterocycles. The van der Waals surface area contributed by atoms with Gasteiger partial charge in [-0.05, 0) is 29.5 Å². The summed E-state index contributed by atoms with van der Waals surface area (Å²) in [5, 5.41) is 0. The lowest BCUT2D eigenvalue weighted by molar-refractivity contribution is 0.174. The largest absolute Gasteiger partial charge is 0.454 e. The molecule has 0 spiro atoms. The van der Waals surface area contributed by atoms with Crippen LogP contribution in [0.5, 0.6) is 11.5 Å². The van der Waals surface area contributed by atoms with E-state index in [4.69, 9.17) is 15.2 Å². The molecule has 2 rings (SSSR count). The van der Waals surface area contributed by atoms with Gasteiger partial charge in [0, 0.05) is 6.04 Å². The molecule has 0 bridgehead atoms. The van der Waals surface area contributed by atoms with E-state index >= 15 is 0 Å². The van der Waals surface area contributed by atoms with Crippen molar-refractivity contribution >= 4 is 0 Å². The highest BCUT2D eigenvalue weighted by atomic mass is 16.7. The average Bonchev–Trinajstić information content (AvgIpc) is 2.61. The first kappa shape index (κ1) is 11.3. The topological polar surface area (TPSA) is 44.5 Å². The fourth-order valence-corrected chi connectivity index (χ4v) is 1.92. The van der Waals surface area contributed by atoms with E-state index in [2.05, 4.69) is 20.8 Å². The number of rotatable bonds is 2. The van der Waals surface area contributed by atoms with E-state index in [1.807, 2.05) is 18.2 Å². The van der Waals surface area contributed by atoms with E-state index in [0.717, 1.165) is 23.5 Å². The molecular formula is C13H19NO2. The number of hydrogen-bond donors (Lipinski definition) is 1. The van der Waals surface area contributed by atoms with Gasteiger partial charge in [-0.2, -0.15) is 0 Å². The zero-order valence-electron chi connectivity index (χ0n) is 10.1. The predicted molar refractivity (Wildman–Crippen MR) is 63.6 cm³/mol. The standard InChI is InChI=1S/C13H19NO2/c1-13(2,3)7-10(14)9-4-5-11-12(6-9)16-8-15-11/h4-6,10H,7-8,14H2,1-3H3. The van der Waals surface area contributed by atoms with Crippen molar-refractivity contribution in [3.63, 3.8) is 0 Å². The highest BCUT2D eigenvalue weighted by Gasteiger charge is 2.20. The molecule has 1 aromatic carbocycles. The van der Waals surface area contributed by atoms with Gasteiger partial charge in [0.15, 0.2) is 11.5 Å². The maximum atomic E-state index is 6.18. The summed E-state index contributed by atoms with van der Waals surface area (Å²) in [6.07, 6.45) is 0.951. The Bertz CT molecular complexity index is 382. The van der Waals surface area contributed by atoms with Crippen LogP contribution in [-0.4, -0.2) is 6.79 Å². The van der Waals surface area contributed by atoms with Gasteiger partial charge in [-0.15, -0.1) is 0 Å². The summed E-state index contributed by atoms with van der Waals surface area (Å²) in [4.78, 5) is 0. The molecule has 0 aromatic heterocycles. The quantitative estimate of drug-likeness (QED) is 0.835. The zero-order valence-corrected chi connectivity index (χ0v) is 10.1. The predicted octanol–water partition coefficient (Wildman–Crippen LogP) is 2.85. The van der Waals surface area contributed by atoms with E-state index in [9.17, 15) is 0 Å². The lowest BCUT2D eigenvalue weighted by atomic mass is 9.86. The minimum atomic E-state index is 0.0505. The van der Waals surface area contributed by atoms with Crippen molar-refractivity contribution < 1.29 is 9.47 Å². The summed E-state index contributed by atoms with van der Waals surface area (Å²) >= 11 is 0. The molecule has 0 fully saturated rings. The van der Waals surface area contributed by atoms with Crippen molar-refractivity contribution in [2.75, 3.05) is 6.79 Å². The van der Waals surface area contributed by atoms with Crippen LogP contribution in [0, 0.1) is 5.41 Å². The first-order valence-electron chi connectivity index (χ1n) is 5.61. The Balaban J connectivity index is 2.15. The van der Waals surface area contributed by atoms with Crippen LogP contribution in [0.25, 0.3) is 0 Å². The molecule has 88 valence electrons. The number of ether oxygens (including phenoxy) is 2. The van der Waals surface area contributed by atoms with Crippen molar-refractivity contribution in [2.45, 2.75) is 33.2 Å². The van der Waals surface area contributed by atoms with Gasteiger partial charge in [0.1, 0.15) is 0 Å². The first-order chi connectivity index (χ1) is 7.46. The Morgan fingerprint density at radius 3 is 2.62 bits per heavy atom. The van der Waals surface area contributed by atoms with Crippen molar-refractivity contribution in [2.24, 2.45) is 11.1 Å². The highest BCUT2D eigenvalue weighted by molar-refractivity contribution is 5.45. The first-order valence-corrected chi connectivity index (χ1v) is 5.61. The second-order valence-electron chi connectivity index (χ2n) is 5.48. The van der Waals surface area contributed by atoms with Gasteiger partial charge in [0.2, 0.25) is 6.79 Å². The second-order valence-corrected chi connectivity index (χ2v) is 5.48. The van der Waals surface area contributed by atoms with Gasteiger partial charge >= 0.3 is 0 Å². The second kappa shape index (κ2) is 3.98. The van der Waals surface area contributed by atoms with Gasteiger partial charge in [0.05, 0.1) is 0 Å². The smallest absolute Gasteiger partial charge is 0.231 e. The number of benzene rings is 1. The van der Waals surface area contributed by atoms with Crippen molar-refractivity contribution in [1.29, 1.82) is 0 Å². The van der Waals surface area contributed by atoms with Crippen molar-refractivity contribution in [1.82, 2.24) is 0 Å². The number of fused-ring (bicyclic) bond motifs is 1. The fraction of sp³-hybridized carbons (Fsp3) is 0.538. The van der Waals surface area contributed by atoms with Crippen molar-refractivity contribution in [3.8, 4) is 11.5 Å². The molecule has 1 heterocycles. The van der Waals surface area contributed by atoms with Crippen LogP contribution in [0.3, 0.4) is 0 Å². The molecule has 1 aromatic rings. The molecule has 0 saturated carbocycles. The Kier molecular flexibility index (Phi) is 2.80. The minimum absolute atomic E-state index is 0.0505. The fourth-order valence-electron chi connectivity index (χ4n) is 1.92. The van der Waals surface area contributed by atoms with Crippen LogP contribution in [0.2, 0.25) is 0 Å². The van der Waals surface area contributed by atoms with Gasteiger partial charge < -0.3 is 15.2 Å². The molecular weight excluding hydrogens is 202 g/mol. The summed E-state index contributed by atoms with van der Waals surface area (Å²) < 4.78 is 10.6. The Labute approximate surface area is 96.5 Å². The van der Waals surface area contributed by atoms with E-state index in [-0.39, 0.29) is 11.5 Å². The molecule has 0 aliphatic carbocycles. The maximum Gasteiger partial charge on any atom is 0.231 e. The molecule has 1 unspecified atom stereocenters. The molecule has 1 atom stereocenters. The highest BCUT2D eigenvalue weighted by Crippen LogP contribution is 2.36. The summed E-state index contributed by atoms with van der Waals surface area (Å²) in [6, 6.07) is 5.98. The van der Waals surface area contributed by atoms with E-state index < -0.39 is 0 Å². The van der Waals surface area contributed by atoms with Crippen molar-refractivity contribution in [3.05, 3.63) is 23.8 Å². The van der Waals surface area contributed by atoms with E-state index in [0.29, 0.717) is 6.79 Å². The molecule has 16 heavy (non-hydrogen) atoms. The Hall–Kier alpha value is -1.22. The van der Waals surface area contributed by atoms with Gasteiger partial charge in [-0.3, -0.25) is 0 Å². The molecule has 3 heteroatoms. The average molecular weight is 221 g/mol. The van der Waals surface area contributed by atoms with Gasteiger partial charge in [-0.1, -0.05) is 26.8 Å². The molecule has 1 aliphatic rings. The maximum absolute atomic E-state index is 6.18. The number of nitrogens with two attached hydrogens (primary N) is 1. The molecule has 0 saturated heterocycles. The van der Waals surface area contributed by atoms with E-state index in [1.54, 1.807) is 0 Å². The molecule has 0 radical (unpaired) electrons. The lowest BCUT2D eigenvalue weighted by Gasteiger charge is -2.23. The summed E-state index contributed by atoms with van der Waals surface area (Å²) in [5.74, 6) is 1.62. The summed E-state index contributed by atoms with van der Waals surface area (Å²) in [7, 11) is 0. The SMILES string of the molecule is CC(C)(C)CC(N)c1ccc2c(c1)OCO2. The third kappa shape index (κ3) is 2.47. The minimum Gasteiger partial charge on any atom is -0.454 e. The van der Waals surface area contributed by atoms with Gasteiger partial charge in [-0.25, -0.2) is 0 Å². The van der Waals surface area contributed by atoms with Crippen LogP contribution >= 0.6 is 0 Å². The van der Waals surface area contributed by atoms with Gasteiger partial charge in [0.25, 0.3) is 0 Å². The van der Waals surface area contributed by atoms with Crippen LogP contribution in [-0.2, 0) is 0 Å². The Morgan fingerprint density at radius 2 is 1.94 bits per heavy atom. The monoisotopic (exact) mass is 221 g/mol. The van der Waals surface area contributed by atoms with Crippen LogP contribution in [0.15, 0.2) is 18.2 Å². The third-order valence-electron chi connectivity index (χ3n) is 2.66. The number of hydrogen-bond acceptors (Lipinski definition) is 3. The van der Waals surface area contributed by atoms with Crippen LogP contribution in [0.4, 0.5) is 0 Å². The zero-order chi connectivity index (χ0) is 11.8. The molecule has 0 amide bonds. The summed E-state index contributed by atoms with van der Waals surface area (Å²) in [6.45, 7) is 6.90. The Morgan fingerprint density at radius 1 is 1.25 bits per heavy atom. The van der Waals surface area contributed by atoms with E-state index in [1.165, 1.54) is 0 Å². The normalized spacial score (nSPS) is 16.2. The third-order valence-corrected chi connectivity index (χ3v) is 2.66.